The first-order chi connectivity index (χ1) is 11.7. The molecule has 24 heavy (non-hydrogen) atoms. The smallest absolute Gasteiger partial charge is 0.231 e. The van der Waals surface area contributed by atoms with Gasteiger partial charge in [0.25, 0.3) is 0 Å². The number of para-hydroxylation sites is 1. The van der Waals surface area contributed by atoms with Crippen LogP contribution in [0, 0.1) is 0 Å². The SMILES string of the molecule is COc1c2c(cc3c1[C@@H](Nc1ccccc1Cl)[NH+](C)CC3)OCO2. The van der Waals surface area contributed by atoms with Crippen LogP contribution >= 0.6 is 11.6 Å². The van der Waals surface area contributed by atoms with Gasteiger partial charge in [-0.25, -0.2) is 0 Å². The lowest BCUT2D eigenvalue weighted by Crippen LogP contribution is -3.11. The van der Waals surface area contributed by atoms with Crippen LogP contribution in [0.15, 0.2) is 30.3 Å². The molecule has 0 saturated carbocycles. The third-order valence-electron chi connectivity index (χ3n) is 4.69. The highest BCUT2D eigenvalue weighted by Gasteiger charge is 2.36. The van der Waals surface area contributed by atoms with E-state index in [1.54, 1.807) is 7.11 Å². The van der Waals surface area contributed by atoms with Crippen molar-refractivity contribution in [2.45, 2.75) is 12.6 Å². The fraction of sp³-hybridized carbons (Fsp3) is 0.333. The summed E-state index contributed by atoms with van der Waals surface area (Å²) in [5, 5.41) is 4.28. The van der Waals surface area contributed by atoms with E-state index in [1.165, 1.54) is 10.5 Å². The van der Waals surface area contributed by atoms with Gasteiger partial charge in [-0.1, -0.05) is 23.7 Å². The summed E-state index contributed by atoms with van der Waals surface area (Å²) in [7, 11) is 3.84. The topological polar surface area (TPSA) is 44.2 Å². The maximum absolute atomic E-state index is 6.34. The molecule has 0 aromatic heterocycles. The largest absolute Gasteiger partial charge is 0.492 e. The molecule has 0 fully saturated rings. The summed E-state index contributed by atoms with van der Waals surface area (Å²) >= 11 is 6.34. The van der Waals surface area contributed by atoms with E-state index in [-0.39, 0.29) is 13.0 Å². The Kier molecular flexibility index (Phi) is 3.90. The van der Waals surface area contributed by atoms with Crippen LogP contribution in [0.1, 0.15) is 17.3 Å². The fourth-order valence-electron chi connectivity index (χ4n) is 3.46. The van der Waals surface area contributed by atoms with Crippen molar-refractivity contribution in [1.82, 2.24) is 0 Å². The lowest BCUT2D eigenvalue weighted by molar-refractivity contribution is -0.910. The molecular weight excluding hydrogens is 328 g/mol. The van der Waals surface area contributed by atoms with Gasteiger partial charge in [0, 0.05) is 6.42 Å². The van der Waals surface area contributed by atoms with Crippen LogP contribution in [-0.4, -0.2) is 27.5 Å². The number of nitrogens with one attached hydrogen (secondary N) is 2. The van der Waals surface area contributed by atoms with Crippen molar-refractivity contribution in [3.63, 3.8) is 0 Å². The summed E-state index contributed by atoms with van der Waals surface area (Å²) in [6.07, 6.45) is 0.993. The molecule has 126 valence electrons. The van der Waals surface area contributed by atoms with Gasteiger partial charge in [0.1, 0.15) is 0 Å². The average Bonchev–Trinajstić information content (AvgIpc) is 3.05. The first-order valence-electron chi connectivity index (χ1n) is 8.01. The molecule has 1 unspecified atom stereocenters. The van der Waals surface area contributed by atoms with E-state index in [9.17, 15) is 0 Å². The molecule has 2 aromatic carbocycles. The van der Waals surface area contributed by atoms with Crippen molar-refractivity contribution >= 4 is 17.3 Å². The van der Waals surface area contributed by atoms with Gasteiger partial charge >= 0.3 is 0 Å². The number of fused-ring (bicyclic) bond motifs is 2. The van der Waals surface area contributed by atoms with Crippen LogP contribution in [0.3, 0.4) is 0 Å². The molecule has 0 bridgehead atoms. The Labute approximate surface area is 146 Å². The summed E-state index contributed by atoms with van der Waals surface area (Å²) in [6, 6.07) is 9.86. The van der Waals surface area contributed by atoms with Crippen molar-refractivity contribution in [2.75, 3.05) is 32.8 Å². The van der Waals surface area contributed by atoms with E-state index in [2.05, 4.69) is 18.4 Å². The Hall–Kier alpha value is -2.11. The maximum atomic E-state index is 6.34. The highest BCUT2D eigenvalue weighted by molar-refractivity contribution is 6.33. The number of hydrogen-bond acceptors (Lipinski definition) is 4. The van der Waals surface area contributed by atoms with Crippen LogP contribution in [-0.2, 0) is 6.42 Å². The Balaban J connectivity index is 1.81. The minimum absolute atomic E-state index is 0.0260. The van der Waals surface area contributed by atoms with Gasteiger partial charge in [-0.3, -0.25) is 0 Å². The molecule has 2 aromatic rings. The summed E-state index contributed by atoms with van der Waals surface area (Å²) in [4.78, 5) is 1.35. The first kappa shape index (κ1) is 15.4. The van der Waals surface area contributed by atoms with Gasteiger partial charge in [-0.2, -0.15) is 0 Å². The summed E-state index contributed by atoms with van der Waals surface area (Å²) in [6.45, 7) is 1.25. The van der Waals surface area contributed by atoms with Crippen LogP contribution in [0.4, 0.5) is 5.69 Å². The molecule has 0 amide bonds. The van der Waals surface area contributed by atoms with E-state index in [0.29, 0.717) is 10.8 Å². The van der Waals surface area contributed by atoms with Crippen molar-refractivity contribution < 1.29 is 19.1 Å². The normalized spacial score (nSPS) is 21.3. The molecule has 2 aliphatic rings. The average molecular weight is 348 g/mol. The van der Waals surface area contributed by atoms with Crippen LogP contribution in [0.5, 0.6) is 17.2 Å². The molecule has 2 aliphatic heterocycles. The Bertz CT molecular complexity index is 781. The second kappa shape index (κ2) is 6.07. The third kappa shape index (κ3) is 2.44. The zero-order valence-electron chi connectivity index (χ0n) is 13.7. The van der Waals surface area contributed by atoms with Gasteiger partial charge in [-0.05, 0) is 23.8 Å². The Morgan fingerprint density at radius 2 is 2.12 bits per heavy atom. The predicted octanol–water partition coefficient (Wildman–Crippen LogP) is 2.26. The number of anilines is 1. The monoisotopic (exact) mass is 347 g/mol. The van der Waals surface area contributed by atoms with Crippen LogP contribution < -0.4 is 24.4 Å². The highest BCUT2D eigenvalue weighted by Crippen LogP contribution is 2.47. The number of likely N-dealkylation sites (N-methyl/N-ethyl adjacent to an activating group) is 1. The van der Waals surface area contributed by atoms with Crippen molar-refractivity contribution in [3.05, 3.63) is 46.5 Å². The fourth-order valence-corrected chi connectivity index (χ4v) is 3.65. The molecule has 2 heterocycles. The number of methoxy groups -OCH3 is 1. The van der Waals surface area contributed by atoms with Gasteiger partial charge in [0.15, 0.2) is 17.7 Å². The molecule has 0 spiro atoms. The summed E-state index contributed by atoms with van der Waals surface area (Å²) in [5.41, 5.74) is 3.26. The number of hydrogen-bond donors (Lipinski definition) is 2. The molecule has 0 saturated heterocycles. The number of rotatable bonds is 3. The van der Waals surface area contributed by atoms with Crippen molar-refractivity contribution in [2.24, 2.45) is 0 Å². The zero-order valence-corrected chi connectivity index (χ0v) is 14.4. The molecule has 0 radical (unpaired) electrons. The lowest BCUT2D eigenvalue weighted by Gasteiger charge is -2.34. The predicted molar refractivity (Wildman–Crippen MR) is 92.4 cm³/mol. The van der Waals surface area contributed by atoms with Gasteiger partial charge < -0.3 is 24.4 Å². The molecule has 4 rings (SSSR count). The number of benzene rings is 2. The lowest BCUT2D eigenvalue weighted by atomic mass is 9.94. The van der Waals surface area contributed by atoms with E-state index in [4.69, 9.17) is 25.8 Å². The Morgan fingerprint density at radius 1 is 1.29 bits per heavy atom. The molecule has 2 N–H and O–H groups in total. The summed E-state index contributed by atoms with van der Waals surface area (Å²) < 4.78 is 16.9. The van der Waals surface area contributed by atoms with Gasteiger partial charge in [-0.15, -0.1) is 0 Å². The van der Waals surface area contributed by atoms with Crippen LogP contribution in [0.25, 0.3) is 0 Å². The molecule has 6 heteroatoms. The maximum Gasteiger partial charge on any atom is 0.231 e. The minimum atomic E-state index is 0.0260. The van der Waals surface area contributed by atoms with Crippen molar-refractivity contribution in [3.8, 4) is 17.2 Å². The van der Waals surface area contributed by atoms with E-state index in [0.717, 1.165) is 35.7 Å². The second-order valence-corrected chi connectivity index (χ2v) is 6.53. The Morgan fingerprint density at radius 3 is 2.92 bits per heavy atom. The molecular formula is C18H20ClN2O3+. The number of quaternary nitrogens is 1. The third-order valence-corrected chi connectivity index (χ3v) is 5.02. The van der Waals surface area contributed by atoms with E-state index < -0.39 is 0 Å². The second-order valence-electron chi connectivity index (χ2n) is 6.12. The van der Waals surface area contributed by atoms with Gasteiger partial charge in [0.05, 0.1) is 37.0 Å². The minimum Gasteiger partial charge on any atom is -0.492 e. The summed E-state index contributed by atoms with van der Waals surface area (Å²) in [5.74, 6) is 2.21. The van der Waals surface area contributed by atoms with Crippen molar-refractivity contribution in [1.29, 1.82) is 0 Å². The van der Waals surface area contributed by atoms with E-state index in [1.807, 2.05) is 24.3 Å². The van der Waals surface area contributed by atoms with E-state index >= 15 is 0 Å². The number of halogens is 1. The standard InChI is InChI=1S/C18H19ClN2O3/c1-21-8-7-11-9-14-16(24-10-23-14)17(22-2)15(11)18(21)20-13-6-4-3-5-12(13)19/h3-6,9,18,20H,7-8,10H2,1-2H3/p+1/t18-/m0/s1. The molecule has 0 aliphatic carbocycles. The quantitative estimate of drug-likeness (QED) is 0.894. The zero-order chi connectivity index (χ0) is 16.7. The van der Waals surface area contributed by atoms with Gasteiger partial charge in [0.2, 0.25) is 12.5 Å². The molecule has 2 atom stereocenters. The number of ether oxygens (including phenoxy) is 3. The van der Waals surface area contributed by atoms with Crippen LogP contribution in [0.2, 0.25) is 5.02 Å². The molecule has 5 nitrogen and oxygen atoms in total. The highest BCUT2D eigenvalue weighted by atomic mass is 35.5. The first-order valence-corrected chi connectivity index (χ1v) is 8.39.